The summed E-state index contributed by atoms with van der Waals surface area (Å²) in [5.74, 6) is 0.537. The standard InChI is InChI=1S/C15H12BrNO3/c16-11-8-13-12(10-4-2-1-3-5-10)6-7-20-15(13)14(9-11)17(18)19/h1-5,8-9,12H,6-7H2/t12-/m1/s1. The molecule has 20 heavy (non-hydrogen) atoms. The topological polar surface area (TPSA) is 52.4 Å². The number of benzene rings is 2. The van der Waals surface area contributed by atoms with E-state index in [2.05, 4.69) is 15.9 Å². The first-order valence-corrected chi connectivity index (χ1v) is 7.11. The lowest BCUT2D eigenvalue weighted by molar-refractivity contribution is -0.386. The zero-order valence-corrected chi connectivity index (χ0v) is 12.2. The van der Waals surface area contributed by atoms with Crippen molar-refractivity contribution in [2.75, 3.05) is 6.61 Å². The van der Waals surface area contributed by atoms with Gasteiger partial charge in [0.15, 0.2) is 0 Å². The van der Waals surface area contributed by atoms with Crippen LogP contribution in [0.5, 0.6) is 5.75 Å². The average Bonchev–Trinajstić information content (AvgIpc) is 2.46. The van der Waals surface area contributed by atoms with Crippen molar-refractivity contribution in [1.82, 2.24) is 0 Å². The highest BCUT2D eigenvalue weighted by Crippen LogP contribution is 2.44. The predicted molar refractivity (Wildman–Crippen MR) is 79.2 cm³/mol. The van der Waals surface area contributed by atoms with E-state index in [1.165, 1.54) is 6.07 Å². The van der Waals surface area contributed by atoms with Crippen LogP contribution in [-0.4, -0.2) is 11.5 Å². The maximum absolute atomic E-state index is 11.2. The molecule has 1 aliphatic rings. The SMILES string of the molecule is O=[N+]([O-])c1cc(Br)cc2c1OCC[C@@H]2c1ccccc1. The van der Waals surface area contributed by atoms with Gasteiger partial charge in [0.25, 0.3) is 0 Å². The molecule has 1 atom stereocenters. The number of halogens is 1. The van der Waals surface area contributed by atoms with Gasteiger partial charge >= 0.3 is 5.69 Å². The lowest BCUT2D eigenvalue weighted by atomic mass is 9.86. The molecule has 1 heterocycles. The molecule has 2 aromatic carbocycles. The Labute approximate surface area is 124 Å². The van der Waals surface area contributed by atoms with E-state index in [4.69, 9.17) is 4.74 Å². The number of rotatable bonds is 2. The van der Waals surface area contributed by atoms with E-state index >= 15 is 0 Å². The molecule has 0 bridgehead atoms. The maximum Gasteiger partial charge on any atom is 0.312 e. The minimum Gasteiger partial charge on any atom is -0.487 e. The third kappa shape index (κ3) is 2.29. The number of nitrogens with zero attached hydrogens (tertiary/aromatic N) is 1. The van der Waals surface area contributed by atoms with E-state index in [-0.39, 0.29) is 11.6 Å². The summed E-state index contributed by atoms with van der Waals surface area (Å²) in [7, 11) is 0. The number of hydrogen-bond donors (Lipinski definition) is 0. The molecule has 3 rings (SSSR count). The summed E-state index contributed by atoms with van der Waals surface area (Å²) in [5.41, 5.74) is 2.06. The van der Waals surface area contributed by atoms with Crippen LogP contribution in [0.4, 0.5) is 5.69 Å². The lowest BCUT2D eigenvalue weighted by Gasteiger charge is -2.26. The molecule has 0 spiro atoms. The molecule has 0 radical (unpaired) electrons. The zero-order valence-electron chi connectivity index (χ0n) is 10.6. The van der Waals surface area contributed by atoms with Crippen LogP contribution in [0.15, 0.2) is 46.9 Å². The van der Waals surface area contributed by atoms with Gasteiger partial charge in [0, 0.05) is 22.0 Å². The highest BCUT2D eigenvalue weighted by molar-refractivity contribution is 9.10. The van der Waals surface area contributed by atoms with Crippen LogP contribution < -0.4 is 4.74 Å². The van der Waals surface area contributed by atoms with E-state index < -0.39 is 4.92 Å². The third-order valence-corrected chi connectivity index (χ3v) is 3.95. The van der Waals surface area contributed by atoms with Crippen molar-refractivity contribution in [3.63, 3.8) is 0 Å². The van der Waals surface area contributed by atoms with Crippen molar-refractivity contribution >= 4 is 21.6 Å². The molecule has 0 fully saturated rings. The number of hydrogen-bond acceptors (Lipinski definition) is 3. The van der Waals surface area contributed by atoms with Crippen LogP contribution in [0.2, 0.25) is 0 Å². The minimum absolute atomic E-state index is 0.0232. The fourth-order valence-corrected chi connectivity index (χ4v) is 3.08. The lowest BCUT2D eigenvalue weighted by Crippen LogP contribution is -2.16. The molecule has 102 valence electrons. The van der Waals surface area contributed by atoms with Crippen molar-refractivity contribution in [2.24, 2.45) is 0 Å². The van der Waals surface area contributed by atoms with Gasteiger partial charge in [0.05, 0.1) is 11.5 Å². The first kappa shape index (κ1) is 13.1. The second kappa shape index (κ2) is 5.25. The van der Waals surface area contributed by atoms with Gasteiger partial charge in [-0.3, -0.25) is 10.1 Å². The molecule has 5 heteroatoms. The summed E-state index contributed by atoms with van der Waals surface area (Å²) in [4.78, 5) is 10.8. The third-order valence-electron chi connectivity index (χ3n) is 3.49. The highest BCUT2D eigenvalue weighted by atomic mass is 79.9. The monoisotopic (exact) mass is 333 g/mol. The first-order chi connectivity index (χ1) is 9.66. The minimum atomic E-state index is -0.392. The average molecular weight is 334 g/mol. The van der Waals surface area contributed by atoms with Crippen molar-refractivity contribution < 1.29 is 9.66 Å². The summed E-state index contributed by atoms with van der Waals surface area (Å²) >= 11 is 3.35. The summed E-state index contributed by atoms with van der Waals surface area (Å²) in [6.45, 7) is 0.495. The van der Waals surface area contributed by atoms with Gasteiger partial charge in [0.2, 0.25) is 5.75 Å². The van der Waals surface area contributed by atoms with Gasteiger partial charge in [-0.05, 0) is 18.1 Å². The Balaban J connectivity index is 2.16. The van der Waals surface area contributed by atoms with Crippen LogP contribution in [0, 0.1) is 10.1 Å². The van der Waals surface area contributed by atoms with Crippen molar-refractivity contribution in [2.45, 2.75) is 12.3 Å². The molecule has 4 nitrogen and oxygen atoms in total. The molecule has 0 aliphatic carbocycles. The molecule has 0 N–H and O–H groups in total. The van der Waals surface area contributed by atoms with E-state index in [1.807, 2.05) is 36.4 Å². The largest absolute Gasteiger partial charge is 0.487 e. The Morgan fingerprint density at radius 2 is 2.00 bits per heavy atom. The molecule has 0 aromatic heterocycles. The van der Waals surface area contributed by atoms with Gasteiger partial charge in [-0.25, -0.2) is 0 Å². The van der Waals surface area contributed by atoms with Gasteiger partial charge < -0.3 is 4.74 Å². The van der Waals surface area contributed by atoms with E-state index in [0.717, 1.165) is 17.5 Å². The molecular formula is C15H12BrNO3. The maximum atomic E-state index is 11.2. The Kier molecular flexibility index (Phi) is 3.44. The summed E-state index contributed by atoms with van der Waals surface area (Å²) in [5, 5.41) is 11.2. The molecule has 2 aromatic rings. The Bertz CT molecular complexity index is 658. The smallest absolute Gasteiger partial charge is 0.312 e. The molecule has 0 unspecified atom stereocenters. The molecule has 0 saturated heterocycles. The Morgan fingerprint density at radius 3 is 2.70 bits per heavy atom. The normalized spacial score (nSPS) is 17.1. The summed E-state index contributed by atoms with van der Waals surface area (Å²) < 4.78 is 6.26. The van der Waals surface area contributed by atoms with Gasteiger partial charge in [-0.2, -0.15) is 0 Å². The summed E-state index contributed by atoms with van der Waals surface area (Å²) in [6, 6.07) is 13.4. The van der Waals surface area contributed by atoms with Crippen LogP contribution >= 0.6 is 15.9 Å². The number of ether oxygens (including phenoxy) is 1. The molecule has 0 amide bonds. The Hall–Kier alpha value is -1.88. The van der Waals surface area contributed by atoms with Gasteiger partial charge in [-0.1, -0.05) is 46.3 Å². The van der Waals surface area contributed by atoms with E-state index in [9.17, 15) is 10.1 Å². The van der Waals surface area contributed by atoms with Gasteiger partial charge in [-0.15, -0.1) is 0 Å². The van der Waals surface area contributed by atoms with Gasteiger partial charge in [0.1, 0.15) is 0 Å². The second-order valence-electron chi connectivity index (χ2n) is 4.70. The number of nitro benzene ring substituents is 1. The first-order valence-electron chi connectivity index (χ1n) is 6.32. The number of fused-ring (bicyclic) bond motifs is 1. The highest BCUT2D eigenvalue weighted by Gasteiger charge is 2.30. The quantitative estimate of drug-likeness (QED) is 0.609. The molecular weight excluding hydrogens is 322 g/mol. The van der Waals surface area contributed by atoms with E-state index in [1.54, 1.807) is 0 Å². The fraction of sp³-hybridized carbons (Fsp3) is 0.200. The predicted octanol–water partition coefficient (Wildman–Crippen LogP) is 4.27. The van der Waals surface area contributed by atoms with Crippen LogP contribution in [-0.2, 0) is 0 Å². The van der Waals surface area contributed by atoms with Crippen LogP contribution in [0.25, 0.3) is 0 Å². The van der Waals surface area contributed by atoms with Crippen molar-refractivity contribution in [1.29, 1.82) is 0 Å². The van der Waals surface area contributed by atoms with Crippen LogP contribution in [0.3, 0.4) is 0 Å². The van der Waals surface area contributed by atoms with Crippen molar-refractivity contribution in [3.05, 3.63) is 68.2 Å². The Morgan fingerprint density at radius 1 is 1.25 bits per heavy atom. The fourth-order valence-electron chi connectivity index (χ4n) is 2.62. The zero-order chi connectivity index (χ0) is 14.1. The summed E-state index contributed by atoms with van der Waals surface area (Å²) in [6.07, 6.45) is 0.824. The van der Waals surface area contributed by atoms with Crippen LogP contribution in [0.1, 0.15) is 23.5 Å². The molecule has 1 aliphatic heterocycles. The molecule has 0 saturated carbocycles. The second-order valence-corrected chi connectivity index (χ2v) is 5.62. The van der Waals surface area contributed by atoms with E-state index in [0.29, 0.717) is 16.8 Å². The number of nitro groups is 1. The van der Waals surface area contributed by atoms with Crippen molar-refractivity contribution in [3.8, 4) is 5.75 Å².